The number of alkyl halides is 3. The zero-order chi connectivity index (χ0) is 16.6. The monoisotopic (exact) mass is 320 g/mol. The number of aromatic carboxylic acids is 1. The highest BCUT2D eigenvalue weighted by molar-refractivity contribution is 5.87. The smallest absolute Gasteiger partial charge is 0.435 e. The summed E-state index contributed by atoms with van der Waals surface area (Å²) >= 11 is 0. The van der Waals surface area contributed by atoms with E-state index in [-0.39, 0.29) is 6.54 Å². The summed E-state index contributed by atoms with van der Waals surface area (Å²) in [5.74, 6) is -1.45. The molecule has 0 fully saturated rings. The second-order valence-corrected chi connectivity index (χ2v) is 5.01. The average molecular weight is 320 g/mol. The molecule has 0 aliphatic heterocycles. The van der Waals surface area contributed by atoms with Gasteiger partial charge < -0.3 is 5.11 Å². The van der Waals surface area contributed by atoms with Crippen LogP contribution >= 0.6 is 0 Å². The first-order chi connectivity index (χ1) is 10.9. The molecule has 0 radical (unpaired) electrons. The van der Waals surface area contributed by atoms with Crippen LogP contribution in [-0.4, -0.2) is 20.9 Å². The Labute approximate surface area is 128 Å². The fourth-order valence-electron chi connectivity index (χ4n) is 2.44. The third-order valence-electron chi connectivity index (χ3n) is 3.49. The van der Waals surface area contributed by atoms with Crippen molar-refractivity contribution in [3.05, 3.63) is 65.5 Å². The van der Waals surface area contributed by atoms with Crippen molar-refractivity contribution >= 4 is 16.7 Å². The fourth-order valence-corrected chi connectivity index (χ4v) is 2.44. The summed E-state index contributed by atoms with van der Waals surface area (Å²) in [5, 5.41) is 14.3. The van der Waals surface area contributed by atoms with E-state index in [1.807, 2.05) is 30.3 Å². The highest BCUT2D eigenvalue weighted by atomic mass is 19.4. The molecule has 0 unspecified atom stereocenters. The van der Waals surface area contributed by atoms with Crippen LogP contribution in [-0.2, 0) is 12.7 Å². The summed E-state index contributed by atoms with van der Waals surface area (Å²) in [5.41, 5.74) is -1.01. The molecule has 3 rings (SSSR count). The maximum absolute atomic E-state index is 12.8. The minimum Gasteiger partial charge on any atom is -0.477 e. The third kappa shape index (κ3) is 2.90. The van der Waals surface area contributed by atoms with E-state index in [9.17, 15) is 18.0 Å². The number of fused-ring (bicyclic) bond motifs is 1. The Morgan fingerprint density at radius 1 is 1.13 bits per heavy atom. The summed E-state index contributed by atoms with van der Waals surface area (Å²) in [6.45, 7) is -0.0565. The zero-order valence-electron chi connectivity index (χ0n) is 11.7. The quantitative estimate of drug-likeness (QED) is 0.798. The van der Waals surface area contributed by atoms with Crippen LogP contribution in [0.5, 0.6) is 0 Å². The first-order valence-electron chi connectivity index (χ1n) is 6.71. The molecule has 0 bridgehead atoms. The summed E-state index contributed by atoms with van der Waals surface area (Å²) in [7, 11) is 0. The molecule has 0 aliphatic rings. The van der Waals surface area contributed by atoms with Gasteiger partial charge in [-0.1, -0.05) is 42.5 Å². The predicted octanol–water partition coefficient (Wildman–Crippen LogP) is 3.80. The second-order valence-electron chi connectivity index (χ2n) is 5.01. The Balaban J connectivity index is 2.08. The molecule has 0 spiro atoms. The third-order valence-corrected chi connectivity index (χ3v) is 3.49. The highest BCUT2D eigenvalue weighted by Crippen LogP contribution is 2.29. The van der Waals surface area contributed by atoms with Gasteiger partial charge in [0.2, 0.25) is 0 Å². The van der Waals surface area contributed by atoms with Gasteiger partial charge in [0.15, 0.2) is 5.69 Å². The topological polar surface area (TPSA) is 55.1 Å². The van der Waals surface area contributed by atoms with Crippen molar-refractivity contribution in [2.75, 3.05) is 0 Å². The number of hydrogen-bond acceptors (Lipinski definition) is 2. The largest absolute Gasteiger partial charge is 0.477 e. The van der Waals surface area contributed by atoms with E-state index in [2.05, 4.69) is 5.10 Å². The molecule has 0 amide bonds. The minimum absolute atomic E-state index is 0.0565. The number of nitrogens with zero attached hydrogens (tertiary/aromatic N) is 2. The fraction of sp³-hybridized carbons (Fsp3) is 0.125. The number of carboxylic acids is 1. The Morgan fingerprint density at radius 3 is 2.52 bits per heavy atom. The Hall–Kier alpha value is -2.83. The summed E-state index contributed by atoms with van der Waals surface area (Å²) in [6, 6.07) is 13.3. The zero-order valence-corrected chi connectivity index (χ0v) is 11.7. The lowest BCUT2D eigenvalue weighted by atomic mass is 10.0. The molecule has 1 aromatic heterocycles. The maximum atomic E-state index is 12.8. The number of benzene rings is 2. The van der Waals surface area contributed by atoms with E-state index in [0.29, 0.717) is 11.6 Å². The van der Waals surface area contributed by atoms with Gasteiger partial charge in [0, 0.05) is 6.07 Å². The summed E-state index contributed by atoms with van der Waals surface area (Å²) < 4.78 is 39.2. The van der Waals surface area contributed by atoms with Crippen molar-refractivity contribution < 1.29 is 23.1 Å². The van der Waals surface area contributed by atoms with Gasteiger partial charge in [-0.3, -0.25) is 4.68 Å². The van der Waals surface area contributed by atoms with Crippen LogP contribution in [0.3, 0.4) is 0 Å². The van der Waals surface area contributed by atoms with Crippen LogP contribution in [0.2, 0.25) is 0 Å². The van der Waals surface area contributed by atoms with Crippen molar-refractivity contribution in [1.82, 2.24) is 9.78 Å². The van der Waals surface area contributed by atoms with Crippen molar-refractivity contribution in [3.63, 3.8) is 0 Å². The number of carbonyl (C=O) groups is 1. The van der Waals surface area contributed by atoms with Crippen molar-refractivity contribution in [2.24, 2.45) is 0 Å². The molecule has 0 aliphatic carbocycles. The molecule has 0 saturated carbocycles. The molecular formula is C16H11F3N2O2. The molecule has 3 aromatic rings. The van der Waals surface area contributed by atoms with E-state index in [0.717, 1.165) is 15.5 Å². The van der Waals surface area contributed by atoms with Gasteiger partial charge in [-0.25, -0.2) is 4.79 Å². The second kappa shape index (κ2) is 5.42. The molecule has 1 N–H and O–H groups in total. The van der Waals surface area contributed by atoms with Crippen LogP contribution in [0.25, 0.3) is 10.8 Å². The Kier molecular flexibility index (Phi) is 3.55. The van der Waals surface area contributed by atoms with E-state index in [1.54, 1.807) is 12.1 Å². The van der Waals surface area contributed by atoms with E-state index >= 15 is 0 Å². The van der Waals surface area contributed by atoms with E-state index in [1.165, 1.54) is 0 Å². The number of carboxylic acid groups (broad SMARTS) is 1. The molecule has 23 heavy (non-hydrogen) atoms. The van der Waals surface area contributed by atoms with Gasteiger partial charge in [0.1, 0.15) is 5.69 Å². The number of aromatic nitrogens is 2. The van der Waals surface area contributed by atoms with Crippen LogP contribution in [0, 0.1) is 0 Å². The van der Waals surface area contributed by atoms with Gasteiger partial charge in [0.05, 0.1) is 6.54 Å². The average Bonchev–Trinajstić information content (AvgIpc) is 2.92. The van der Waals surface area contributed by atoms with Crippen molar-refractivity contribution in [1.29, 1.82) is 0 Å². The number of hydrogen-bond donors (Lipinski definition) is 1. The first-order valence-corrected chi connectivity index (χ1v) is 6.71. The molecule has 0 atom stereocenters. The van der Waals surface area contributed by atoms with Gasteiger partial charge in [-0.2, -0.15) is 18.3 Å². The number of halogens is 3. The molecule has 4 nitrogen and oxygen atoms in total. The Morgan fingerprint density at radius 2 is 1.83 bits per heavy atom. The van der Waals surface area contributed by atoms with Crippen LogP contribution in [0.4, 0.5) is 13.2 Å². The lowest BCUT2D eigenvalue weighted by Crippen LogP contribution is -2.12. The maximum Gasteiger partial charge on any atom is 0.435 e. The Bertz CT molecular complexity index is 879. The number of rotatable bonds is 3. The SMILES string of the molecule is O=C(O)c1cc(C(F)(F)F)nn1Cc1cccc2ccccc12. The minimum atomic E-state index is -4.69. The molecular weight excluding hydrogens is 309 g/mol. The van der Waals surface area contributed by atoms with Gasteiger partial charge in [0.25, 0.3) is 0 Å². The van der Waals surface area contributed by atoms with Crippen LogP contribution in [0.1, 0.15) is 21.7 Å². The van der Waals surface area contributed by atoms with Crippen molar-refractivity contribution in [3.8, 4) is 0 Å². The first kappa shape index (κ1) is 15.1. The van der Waals surface area contributed by atoms with Crippen LogP contribution < -0.4 is 0 Å². The molecule has 0 saturated heterocycles. The lowest BCUT2D eigenvalue weighted by molar-refractivity contribution is -0.141. The molecule has 7 heteroatoms. The van der Waals surface area contributed by atoms with E-state index < -0.39 is 23.5 Å². The summed E-state index contributed by atoms with van der Waals surface area (Å²) in [4.78, 5) is 11.2. The van der Waals surface area contributed by atoms with Crippen LogP contribution in [0.15, 0.2) is 48.5 Å². The van der Waals surface area contributed by atoms with Crippen molar-refractivity contribution in [2.45, 2.75) is 12.7 Å². The standard InChI is InChI=1S/C16H11F3N2O2/c17-16(18,19)14-8-13(15(22)23)21(20-14)9-11-6-3-5-10-4-1-2-7-12(10)11/h1-8H,9H2,(H,22,23). The predicted molar refractivity (Wildman–Crippen MR) is 77.2 cm³/mol. The normalized spacial score (nSPS) is 11.8. The van der Waals surface area contributed by atoms with Gasteiger partial charge >= 0.3 is 12.1 Å². The lowest BCUT2D eigenvalue weighted by Gasteiger charge is -2.08. The van der Waals surface area contributed by atoms with E-state index in [4.69, 9.17) is 5.11 Å². The molecule has 2 aromatic carbocycles. The highest BCUT2D eigenvalue weighted by Gasteiger charge is 2.35. The summed E-state index contributed by atoms with van der Waals surface area (Å²) in [6.07, 6.45) is -4.69. The molecule has 118 valence electrons. The molecule has 1 heterocycles. The van der Waals surface area contributed by atoms with Gasteiger partial charge in [-0.05, 0) is 16.3 Å². The van der Waals surface area contributed by atoms with Gasteiger partial charge in [-0.15, -0.1) is 0 Å².